The fraction of sp³-hybridized carbons (Fsp3) is 0.0800. The van der Waals surface area contributed by atoms with Gasteiger partial charge in [0.25, 0.3) is 5.91 Å². The molecule has 0 saturated heterocycles. The van der Waals surface area contributed by atoms with Crippen molar-refractivity contribution in [1.82, 2.24) is 15.3 Å². The Hall–Kier alpha value is -3.99. The summed E-state index contributed by atoms with van der Waals surface area (Å²) >= 11 is 0. The van der Waals surface area contributed by atoms with Crippen LogP contribution < -0.4 is 10.2 Å². The van der Waals surface area contributed by atoms with E-state index in [0.717, 1.165) is 17.1 Å². The molecular weight excluding hydrogens is 372 g/mol. The molecule has 2 aromatic carbocycles. The summed E-state index contributed by atoms with van der Waals surface area (Å²) in [5, 5.41) is 2.86. The number of pyridine rings is 2. The Morgan fingerprint density at radius 1 is 0.767 bits per heavy atom. The number of aromatic nitrogens is 2. The van der Waals surface area contributed by atoms with Gasteiger partial charge in [-0.2, -0.15) is 0 Å². The van der Waals surface area contributed by atoms with Crippen LogP contribution in [0.4, 0.5) is 11.4 Å². The highest BCUT2D eigenvalue weighted by atomic mass is 16.1. The van der Waals surface area contributed by atoms with Gasteiger partial charge in [-0.05, 0) is 42.0 Å². The van der Waals surface area contributed by atoms with Gasteiger partial charge in [-0.25, -0.2) is 4.98 Å². The van der Waals surface area contributed by atoms with Gasteiger partial charge in [-0.1, -0.05) is 54.6 Å². The third-order valence-electron chi connectivity index (χ3n) is 4.70. The molecule has 0 radical (unpaired) electrons. The van der Waals surface area contributed by atoms with E-state index >= 15 is 0 Å². The van der Waals surface area contributed by atoms with Crippen LogP contribution in [0.3, 0.4) is 0 Å². The van der Waals surface area contributed by atoms with E-state index < -0.39 is 0 Å². The maximum absolute atomic E-state index is 12.4. The topological polar surface area (TPSA) is 58.1 Å². The second-order valence-corrected chi connectivity index (χ2v) is 6.81. The number of rotatable bonds is 7. The smallest absolute Gasteiger partial charge is 0.270 e. The standard InChI is InChI=1S/C25H22N4O/c30-25(28-17-21-11-7-8-16-26-21)24-15-14-23(18-27-24)29(22-12-5-2-6-13-22)19-20-9-3-1-4-10-20/h1-16,18H,17,19H2,(H,28,30). The van der Waals surface area contributed by atoms with Crippen molar-refractivity contribution in [3.63, 3.8) is 0 Å². The highest BCUT2D eigenvalue weighted by Gasteiger charge is 2.13. The molecule has 30 heavy (non-hydrogen) atoms. The highest BCUT2D eigenvalue weighted by Crippen LogP contribution is 2.27. The van der Waals surface area contributed by atoms with E-state index in [2.05, 4.69) is 44.5 Å². The van der Waals surface area contributed by atoms with Gasteiger partial charge in [0.2, 0.25) is 0 Å². The molecule has 2 aromatic heterocycles. The summed E-state index contributed by atoms with van der Waals surface area (Å²) in [5.41, 5.74) is 4.36. The molecule has 0 unspecified atom stereocenters. The Labute approximate surface area is 176 Å². The minimum Gasteiger partial charge on any atom is -0.345 e. The first-order valence-electron chi connectivity index (χ1n) is 9.80. The lowest BCUT2D eigenvalue weighted by molar-refractivity contribution is 0.0945. The molecule has 5 heteroatoms. The predicted molar refractivity (Wildman–Crippen MR) is 118 cm³/mol. The highest BCUT2D eigenvalue weighted by molar-refractivity contribution is 5.92. The fourth-order valence-electron chi connectivity index (χ4n) is 3.15. The number of carbonyl (C=O) groups excluding carboxylic acids is 1. The maximum atomic E-state index is 12.4. The van der Waals surface area contributed by atoms with E-state index in [4.69, 9.17) is 0 Å². The lowest BCUT2D eigenvalue weighted by Gasteiger charge is -2.25. The van der Waals surface area contributed by atoms with Crippen LogP contribution >= 0.6 is 0 Å². The van der Waals surface area contributed by atoms with E-state index in [9.17, 15) is 4.79 Å². The number of benzene rings is 2. The third-order valence-corrected chi connectivity index (χ3v) is 4.70. The van der Waals surface area contributed by atoms with Gasteiger partial charge in [0.15, 0.2) is 0 Å². The molecule has 0 bridgehead atoms. The molecular formula is C25H22N4O. The zero-order chi connectivity index (χ0) is 20.6. The SMILES string of the molecule is O=C(NCc1ccccn1)c1ccc(N(Cc2ccccc2)c2ccccc2)cn1. The largest absolute Gasteiger partial charge is 0.345 e. The van der Waals surface area contributed by atoms with E-state index in [1.165, 1.54) is 5.56 Å². The van der Waals surface area contributed by atoms with Crippen LogP contribution in [0, 0.1) is 0 Å². The van der Waals surface area contributed by atoms with Crippen molar-refractivity contribution in [2.24, 2.45) is 0 Å². The van der Waals surface area contributed by atoms with Crippen molar-refractivity contribution in [3.8, 4) is 0 Å². The second-order valence-electron chi connectivity index (χ2n) is 6.81. The average molecular weight is 394 g/mol. The van der Waals surface area contributed by atoms with Gasteiger partial charge in [-0.15, -0.1) is 0 Å². The van der Waals surface area contributed by atoms with Crippen LogP contribution in [-0.4, -0.2) is 15.9 Å². The summed E-state index contributed by atoms with van der Waals surface area (Å²) in [6.45, 7) is 1.07. The molecule has 148 valence electrons. The molecule has 1 N–H and O–H groups in total. The van der Waals surface area contributed by atoms with Crippen LogP contribution in [0.25, 0.3) is 0 Å². The summed E-state index contributed by atoms with van der Waals surface area (Å²) in [5.74, 6) is -0.221. The summed E-state index contributed by atoms with van der Waals surface area (Å²) in [4.78, 5) is 23.2. The van der Waals surface area contributed by atoms with Crippen LogP contribution in [-0.2, 0) is 13.1 Å². The maximum Gasteiger partial charge on any atom is 0.270 e. The zero-order valence-electron chi connectivity index (χ0n) is 16.5. The summed E-state index contributed by atoms with van der Waals surface area (Å²) in [7, 11) is 0. The van der Waals surface area contributed by atoms with Gasteiger partial charge >= 0.3 is 0 Å². The first-order valence-corrected chi connectivity index (χ1v) is 9.80. The normalized spacial score (nSPS) is 10.4. The molecule has 5 nitrogen and oxygen atoms in total. The average Bonchev–Trinajstić information content (AvgIpc) is 2.83. The molecule has 2 heterocycles. The van der Waals surface area contributed by atoms with Crippen LogP contribution in [0.1, 0.15) is 21.7 Å². The van der Waals surface area contributed by atoms with Gasteiger partial charge < -0.3 is 10.2 Å². The molecule has 0 saturated carbocycles. The first-order chi connectivity index (χ1) is 14.8. The summed E-state index contributed by atoms with van der Waals surface area (Å²) < 4.78 is 0. The number of nitrogens with zero attached hydrogens (tertiary/aromatic N) is 3. The summed E-state index contributed by atoms with van der Waals surface area (Å²) in [6.07, 6.45) is 3.45. The van der Waals surface area contributed by atoms with E-state index in [1.807, 2.05) is 60.7 Å². The van der Waals surface area contributed by atoms with Crippen LogP contribution in [0.5, 0.6) is 0 Å². The van der Waals surface area contributed by atoms with E-state index in [1.54, 1.807) is 18.5 Å². The van der Waals surface area contributed by atoms with Crippen molar-refractivity contribution >= 4 is 17.3 Å². The van der Waals surface area contributed by atoms with Crippen molar-refractivity contribution in [2.75, 3.05) is 4.90 Å². The van der Waals surface area contributed by atoms with Crippen molar-refractivity contribution < 1.29 is 4.79 Å². The monoisotopic (exact) mass is 394 g/mol. The Bertz CT molecular complexity index is 1070. The van der Waals surface area contributed by atoms with Crippen LogP contribution in [0.2, 0.25) is 0 Å². The quantitative estimate of drug-likeness (QED) is 0.492. The van der Waals surface area contributed by atoms with E-state index in [0.29, 0.717) is 18.8 Å². The van der Waals surface area contributed by atoms with Crippen LogP contribution in [0.15, 0.2) is 103 Å². The lowest BCUT2D eigenvalue weighted by atomic mass is 10.1. The summed E-state index contributed by atoms with van der Waals surface area (Å²) in [6, 6.07) is 29.7. The van der Waals surface area contributed by atoms with Gasteiger partial charge in [0.1, 0.15) is 5.69 Å². The van der Waals surface area contributed by atoms with Gasteiger partial charge in [0, 0.05) is 18.4 Å². The molecule has 0 aliphatic rings. The Morgan fingerprint density at radius 3 is 2.17 bits per heavy atom. The number of nitrogens with one attached hydrogen (secondary N) is 1. The molecule has 0 fully saturated rings. The molecule has 0 aliphatic carbocycles. The molecule has 1 amide bonds. The lowest BCUT2D eigenvalue weighted by Crippen LogP contribution is -2.24. The fourth-order valence-corrected chi connectivity index (χ4v) is 3.15. The number of hydrogen-bond donors (Lipinski definition) is 1. The molecule has 4 aromatic rings. The molecule has 0 spiro atoms. The first kappa shape index (κ1) is 19.3. The number of para-hydroxylation sites is 1. The van der Waals surface area contributed by atoms with Gasteiger partial charge in [-0.3, -0.25) is 9.78 Å². The number of amides is 1. The minimum atomic E-state index is -0.221. The van der Waals surface area contributed by atoms with Crippen molar-refractivity contribution in [2.45, 2.75) is 13.1 Å². The minimum absolute atomic E-state index is 0.221. The number of anilines is 2. The van der Waals surface area contributed by atoms with Crippen molar-refractivity contribution in [3.05, 3.63) is 120 Å². The second kappa shape index (κ2) is 9.47. The van der Waals surface area contributed by atoms with E-state index in [-0.39, 0.29) is 5.91 Å². The Balaban J connectivity index is 1.51. The zero-order valence-corrected chi connectivity index (χ0v) is 16.5. The Morgan fingerprint density at radius 2 is 1.50 bits per heavy atom. The predicted octanol–water partition coefficient (Wildman–Crippen LogP) is 4.74. The Kier molecular flexibility index (Phi) is 6.11. The number of hydrogen-bond acceptors (Lipinski definition) is 4. The van der Waals surface area contributed by atoms with Gasteiger partial charge in [0.05, 0.1) is 24.1 Å². The molecule has 0 atom stereocenters. The number of carbonyl (C=O) groups is 1. The molecule has 4 rings (SSSR count). The molecule has 0 aliphatic heterocycles. The van der Waals surface area contributed by atoms with Crippen molar-refractivity contribution in [1.29, 1.82) is 0 Å². The third kappa shape index (κ3) is 4.89.